The van der Waals surface area contributed by atoms with Gasteiger partial charge in [0.2, 0.25) is 0 Å². The average molecular weight is 522 g/mol. The van der Waals surface area contributed by atoms with E-state index in [1.807, 2.05) is 6.07 Å². The molecule has 1 fully saturated rings. The predicted molar refractivity (Wildman–Crippen MR) is 139 cm³/mol. The number of urea groups is 1. The average Bonchev–Trinajstić information content (AvgIpc) is 3.47. The van der Waals surface area contributed by atoms with Gasteiger partial charge in [-0.05, 0) is 37.3 Å². The summed E-state index contributed by atoms with van der Waals surface area (Å²) in [6.45, 7) is 2.14. The van der Waals surface area contributed by atoms with Crippen LogP contribution < -0.4 is 15.5 Å². The molecule has 2 aromatic heterocycles. The Labute approximate surface area is 220 Å². The molecule has 0 unspecified atom stereocenters. The lowest BCUT2D eigenvalue weighted by atomic mass is 10.0. The molecular weight excluding hydrogens is 490 g/mol. The zero-order chi connectivity index (χ0) is 27.1. The van der Waals surface area contributed by atoms with Crippen LogP contribution in [0.25, 0.3) is 0 Å². The summed E-state index contributed by atoms with van der Waals surface area (Å²) < 4.78 is 10.5. The van der Waals surface area contributed by atoms with E-state index in [9.17, 15) is 19.6 Å². The number of anilines is 3. The second-order valence-corrected chi connectivity index (χ2v) is 9.16. The molecule has 0 bridgehead atoms. The van der Waals surface area contributed by atoms with Gasteiger partial charge < -0.3 is 19.7 Å². The van der Waals surface area contributed by atoms with Crippen molar-refractivity contribution in [3.05, 3.63) is 40.7 Å². The number of methoxy groups -OCH3 is 1. The molecule has 0 aromatic carbocycles. The van der Waals surface area contributed by atoms with Crippen molar-refractivity contribution in [1.82, 2.24) is 14.9 Å². The third-order valence-corrected chi connectivity index (χ3v) is 6.50. The monoisotopic (exact) mass is 521 g/mol. The largest absolute Gasteiger partial charge is 0.383 e. The van der Waals surface area contributed by atoms with Crippen molar-refractivity contribution in [3.8, 4) is 6.07 Å². The first-order valence-corrected chi connectivity index (χ1v) is 12.5. The van der Waals surface area contributed by atoms with Crippen molar-refractivity contribution in [3.63, 3.8) is 0 Å². The first-order chi connectivity index (χ1) is 18.4. The molecule has 1 saturated heterocycles. The van der Waals surface area contributed by atoms with E-state index >= 15 is 0 Å². The van der Waals surface area contributed by atoms with Gasteiger partial charge in [-0.1, -0.05) is 0 Å². The van der Waals surface area contributed by atoms with E-state index in [1.165, 1.54) is 11.1 Å². The Hall–Kier alpha value is -4.08. The number of fused-ring (bicyclic) bond motifs is 1. The van der Waals surface area contributed by atoms with Crippen LogP contribution >= 0.6 is 0 Å². The first-order valence-electron chi connectivity index (χ1n) is 12.5. The standard InChI is InChI=1S/C26H31N7O5/c1-32(25(35)22-6-4-9-38-22)15-18-11-17-5-3-8-33(24(17)30-21(18)16-34)26(36)31-23-12-20(28-7-10-37-2)19(13-27)14-29-23/h11-12,14,16,22H,3-10,15H2,1-2H3,(H2,28,29,31,36)/t22-/m1/s1. The van der Waals surface area contributed by atoms with Gasteiger partial charge in [0.1, 0.15) is 29.5 Å². The van der Waals surface area contributed by atoms with Gasteiger partial charge in [-0.15, -0.1) is 0 Å². The van der Waals surface area contributed by atoms with E-state index in [1.54, 1.807) is 25.1 Å². The van der Waals surface area contributed by atoms with Crippen LogP contribution in [0, 0.1) is 11.3 Å². The summed E-state index contributed by atoms with van der Waals surface area (Å²) in [5.41, 5.74) is 2.49. The number of aldehydes is 1. The quantitative estimate of drug-likeness (QED) is 0.374. The fraction of sp³-hybridized carbons (Fsp3) is 0.462. The SMILES string of the molecule is COCCNc1cc(NC(=O)N2CCCc3cc(CN(C)C(=O)[C@H]4CCCO4)c(C=O)nc32)ncc1C#N. The highest BCUT2D eigenvalue weighted by Crippen LogP contribution is 2.29. The van der Waals surface area contributed by atoms with Gasteiger partial charge in [0, 0.05) is 58.2 Å². The molecule has 12 heteroatoms. The highest BCUT2D eigenvalue weighted by molar-refractivity contribution is 6.02. The maximum absolute atomic E-state index is 13.2. The zero-order valence-electron chi connectivity index (χ0n) is 21.5. The molecule has 1 atom stereocenters. The maximum Gasteiger partial charge on any atom is 0.328 e. The van der Waals surface area contributed by atoms with Crippen molar-refractivity contribution >= 4 is 35.5 Å². The lowest BCUT2D eigenvalue weighted by Gasteiger charge is -2.29. The fourth-order valence-electron chi connectivity index (χ4n) is 4.56. The number of ether oxygens (including phenoxy) is 2. The molecule has 4 heterocycles. The molecule has 2 N–H and O–H groups in total. The number of nitrogens with one attached hydrogen (secondary N) is 2. The molecule has 4 rings (SSSR count). The molecular formula is C26H31N7O5. The van der Waals surface area contributed by atoms with Crippen LogP contribution in [0.2, 0.25) is 0 Å². The van der Waals surface area contributed by atoms with Gasteiger partial charge in [0.25, 0.3) is 5.91 Å². The van der Waals surface area contributed by atoms with Crippen LogP contribution in [-0.4, -0.2) is 79.7 Å². The fourth-order valence-corrected chi connectivity index (χ4v) is 4.56. The number of nitriles is 1. The van der Waals surface area contributed by atoms with Crippen molar-refractivity contribution in [2.45, 2.75) is 38.3 Å². The summed E-state index contributed by atoms with van der Waals surface area (Å²) in [5, 5.41) is 15.2. The number of amides is 3. The normalized spacial score (nSPS) is 16.3. The van der Waals surface area contributed by atoms with E-state index in [0.29, 0.717) is 74.5 Å². The summed E-state index contributed by atoms with van der Waals surface area (Å²) in [4.78, 5) is 49.6. The van der Waals surface area contributed by atoms with Crippen LogP contribution in [0.4, 0.5) is 22.1 Å². The topological polar surface area (TPSA) is 150 Å². The Morgan fingerprint density at radius 2 is 2.21 bits per heavy atom. The predicted octanol–water partition coefficient (Wildman–Crippen LogP) is 2.34. The summed E-state index contributed by atoms with van der Waals surface area (Å²) in [6, 6.07) is 5.06. The molecule has 0 aliphatic carbocycles. The zero-order valence-corrected chi connectivity index (χ0v) is 21.5. The minimum atomic E-state index is -0.450. The van der Waals surface area contributed by atoms with Crippen LogP contribution in [-0.2, 0) is 27.2 Å². The number of aromatic nitrogens is 2. The second-order valence-electron chi connectivity index (χ2n) is 9.16. The van der Waals surface area contributed by atoms with Crippen molar-refractivity contribution in [2.24, 2.45) is 0 Å². The number of hydrogen-bond donors (Lipinski definition) is 2. The summed E-state index contributed by atoms with van der Waals surface area (Å²) >= 11 is 0. The van der Waals surface area contributed by atoms with Crippen LogP contribution in [0.3, 0.4) is 0 Å². The second kappa shape index (κ2) is 12.4. The van der Waals surface area contributed by atoms with E-state index in [0.717, 1.165) is 12.0 Å². The summed E-state index contributed by atoms with van der Waals surface area (Å²) in [6.07, 6.45) is 4.52. The molecule has 0 radical (unpaired) electrons. The molecule has 0 saturated carbocycles. The number of nitrogens with zero attached hydrogens (tertiary/aromatic N) is 5. The summed E-state index contributed by atoms with van der Waals surface area (Å²) in [5.74, 6) is 0.548. The van der Waals surface area contributed by atoms with Gasteiger partial charge in [0.05, 0.1) is 17.9 Å². The molecule has 3 amide bonds. The molecule has 200 valence electrons. The number of pyridine rings is 2. The summed E-state index contributed by atoms with van der Waals surface area (Å²) in [7, 11) is 3.26. The first kappa shape index (κ1) is 27.0. The van der Waals surface area contributed by atoms with Crippen LogP contribution in [0.15, 0.2) is 18.3 Å². The molecule has 0 spiro atoms. The van der Waals surface area contributed by atoms with Crippen LogP contribution in [0.1, 0.15) is 46.4 Å². The number of rotatable bonds is 9. The molecule has 12 nitrogen and oxygen atoms in total. The number of likely N-dealkylation sites (N-methyl/N-ethyl adjacent to an activating group) is 1. The number of carbonyl (C=O) groups is 3. The lowest BCUT2D eigenvalue weighted by Crippen LogP contribution is -2.40. The number of aryl methyl sites for hydroxylation is 1. The van der Waals surface area contributed by atoms with Gasteiger partial charge in [0.15, 0.2) is 6.29 Å². The minimum absolute atomic E-state index is 0.121. The molecule has 2 aliphatic rings. The van der Waals surface area contributed by atoms with Crippen molar-refractivity contribution < 1.29 is 23.9 Å². The minimum Gasteiger partial charge on any atom is -0.383 e. The lowest BCUT2D eigenvalue weighted by molar-refractivity contribution is -0.140. The van der Waals surface area contributed by atoms with Gasteiger partial charge in [-0.2, -0.15) is 5.26 Å². The van der Waals surface area contributed by atoms with Crippen molar-refractivity contribution in [2.75, 3.05) is 56.0 Å². The number of carbonyl (C=O) groups excluding carboxylic acids is 3. The van der Waals surface area contributed by atoms with E-state index < -0.39 is 12.1 Å². The maximum atomic E-state index is 13.2. The highest BCUT2D eigenvalue weighted by Gasteiger charge is 2.29. The highest BCUT2D eigenvalue weighted by atomic mass is 16.5. The van der Waals surface area contributed by atoms with Crippen LogP contribution in [0.5, 0.6) is 0 Å². The third-order valence-electron chi connectivity index (χ3n) is 6.50. The Morgan fingerprint density at radius 3 is 2.92 bits per heavy atom. The Balaban J connectivity index is 1.51. The van der Waals surface area contributed by atoms with Gasteiger partial charge in [-0.25, -0.2) is 14.8 Å². The third kappa shape index (κ3) is 6.07. The van der Waals surface area contributed by atoms with Gasteiger partial charge >= 0.3 is 6.03 Å². The Morgan fingerprint density at radius 1 is 1.37 bits per heavy atom. The van der Waals surface area contributed by atoms with E-state index in [-0.39, 0.29) is 24.0 Å². The molecule has 38 heavy (non-hydrogen) atoms. The molecule has 2 aliphatic heterocycles. The smallest absolute Gasteiger partial charge is 0.328 e. The van der Waals surface area contributed by atoms with E-state index in [4.69, 9.17) is 9.47 Å². The molecule has 2 aromatic rings. The van der Waals surface area contributed by atoms with Gasteiger partial charge in [-0.3, -0.25) is 19.8 Å². The Bertz CT molecular complexity index is 1240. The van der Waals surface area contributed by atoms with Crippen molar-refractivity contribution in [1.29, 1.82) is 5.26 Å². The van der Waals surface area contributed by atoms with E-state index in [2.05, 4.69) is 26.7 Å². The number of hydrogen-bond acceptors (Lipinski definition) is 9. The Kier molecular flexibility index (Phi) is 8.83.